The first-order valence-electron chi connectivity index (χ1n) is 13.5. The van der Waals surface area contributed by atoms with Crippen LogP contribution in [0.3, 0.4) is 0 Å². The van der Waals surface area contributed by atoms with E-state index < -0.39 is 70.5 Å². The van der Waals surface area contributed by atoms with Gasteiger partial charge in [-0.1, -0.05) is 0 Å². The molecular formula is C22H25N11O12P2. The molecule has 0 radical (unpaired) electrons. The molecule has 4 aromatic heterocycles. The quantitative estimate of drug-likeness (QED) is 0.125. The van der Waals surface area contributed by atoms with E-state index in [-0.39, 0.29) is 57.7 Å². The highest BCUT2D eigenvalue weighted by atomic mass is 31.2. The van der Waals surface area contributed by atoms with E-state index in [1.165, 1.54) is 28.8 Å². The maximum atomic E-state index is 13.3. The van der Waals surface area contributed by atoms with Gasteiger partial charge in [0.25, 0.3) is 5.56 Å². The van der Waals surface area contributed by atoms with Gasteiger partial charge in [-0.05, 0) is 0 Å². The molecule has 1 fully saturated rings. The summed E-state index contributed by atoms with van der Waals surface area (Å²) < 4.78 is 55.6. The van der Waals surface area contributed by atoms with Crippen LogP contribution < -0.4 is 22.3 Å². The first kappa shape index (κ1) is 31.2. The minimum Gasteiger partial charge on any atom is -0.504 e. The number of H-pyrrole nitrogens is 1. The molecular weight excluding hydrogens is 672 g/mol. The van der Waals surface area contributed by atoms with Gasteiger partial charge in [0.05, 0.1) is 25.2 Å². The van der Waals surface area contributed by atoms with E-state index in [0.29, 0.717) is 0 Å². The number of fused-ring (bicyclic) bond motifs is 4. The average molecular weight is 697 g/mol. The number of ether oxygens (including phenoxy) is 1. The van der Waals surface area contributed by atoms with Crippen LogP contribution in [-0.4, -0.2) is 97.6 Å². The fourth-order valence-electron chi connectivity index (χ4n) is 5.31. The molecule has 0 amide bonds. The average Bonchev–Trinajstić information content (AvgIpc) is 3.76. The zero-order chi connectivity index (χ0) is 33.4. The van der Waals surface area contributed by atoms with Crippen LogP contribution in [0.15, 0.2) is 34.5 Å². The number of hydrogen-bond donors (Lipinski definition) is 8. The van der Waals surface area contributed by atoms with Crippen molar-refractivity contribution in [2.45, 2.75) is 31.0 Å². The van der Waals surface area contributed by atoms with Crippen molar-refractivity contribution < 1.29 is 52.0 Å². The summed E-state index contributed by atoms with van der Waals surface area (Å²) in [5.41, 5.74) is 10.9. The predicted octanol–water partition coefficient (Wildman–Crippen LogP) is -0.542. The van der Waals surface area contributed by atoms with Gasteiger partial charge in [0, 0.05) is 19.0 Å². The van der Waals surface area contributed by atoms with Gasteiger partial charge >= 0.3 is 15.6 Å². The number of aliphatic hydroxyl groups excluding tert-OH is 2. The Kier molecular flexibility index (Phi) is 7.35. The number of rotatable bonds is 3. The summed E-state index contributed by atoms with van der Waals surface area (Å²) in [7, 11) is -8.70. The summed E-state index contributed by atoms with van der Waals surface area (Å²) >= 11 is 0. The highest BCUT2D eigenvalue weighted by Gasteiger charge is 2.51. The number of hydrogen-bond acceptors (Lipinski definition) is 18. The fourth-order valence-corrected chi connectivity index (χ4v) is 7.07. The van der Waals surface area contributed by atoms with E-state index in [4.69, 9.17) is 34.3 Å². The monoisotopic (exact) mass is 697 g/mol. The van der Waals surface area contributed by atoms with Crippen molar-refractivity contribution in [1.82, 2.24) is 39.0 Å². The molecule has 2 bridgehead atoms. The first-order chi connectivity index (χ1) is 22.2. The number of phosphoric acid groups is 2. The van der Waals surface area contributed by atoms with Crippen molar-refractivity contribution in [2.75, 3.05) is 37.0 Å². The summed E-state index contributed by atoms with van der Waals surface area (Å²) in [6.45, 7) is -1.61. The molecule has 4 unspecified atom stereocenters. The number of allylic oxidation sites excluding steroid dienone is 1. The number of imidazole rings is 2. The van der Waals surface area contributed by atoms with Gasteiger partial charge < -0.3 is 41.2 Å². The highest BCUT2D eigenvalue weighted by Crippen LogP contribution is 2.54. The summed E-state index contributed by atoms with van der Waals surface area (Å²) in [5.74, 6) is -1.52. The SMILES string of the molecule is CNc1nc2c(ncn2C2=C3OP(=O)(O)OC[C@H]4O[C@@H](n5cnc6c(N)nc(N)nc65)C(O)C4OP(=O)(O)OCC(=C3O)C2)c(=O)[nH]1. The second-order valence-corrected chi connectivity index (χ2v) is 13.2. The zero-order valence-electron chi connectivity index (χ0n) is 23.8. The maximum Gasteiger partial charge on any atom is 0.527 e. The fraction of sp³-hybridized carbons (Fsp3) is 0.364. The van der Waals surface area contributed by atoms with Crippen LogP contribution in [0.25, 0.3) is 28.0 Å². The Hall–Kier alpha value is -4.44. The molecule has 0 saturated carbocycles. The van der Waals surface area contributed by atoms with Crippen molar-refractivity contribution in [3.8, 4) is 0 Å². The van der Waals surface area contributed by atoms with E-state index in [1.807, 2.05) is 0 Å². The van der Waals surface area contributed by atoms with Crippen molar-refractivity contribution in [1.29, 1.82) is 0 Å². The number of aliphatic hydroxyl groups is 2. The Balaban J connectivity index is 1.25. The minimum atomic E-state index is -5.14. The van der Waals surface area contributed by atoms with Crippen molar-refractivity contribution in [3.05, 3.63) is 40.1 Å². The Bertz CT molecular complexity index is 2160. The molecule has 1 saturated heterocycles. The standard InChI is InChI=1S/C22H25N11O12P2/c1-25-22-30-18-11(19(36)31-22)27-5-32(18)8-2-7-3-41-46(37,38)45-15-9(4-42-47(39,40)44-14(8)12(7)34)43-20(13(15)35)33-6-26-10-16(23)28-21(24)29-17(10)33/h5-6,9,13,15,20,34-35H,2-4H2,1H3,(H,37,38)(H,39,40)(H4,23,24,28,29)(H2,25,30,31,36)/t9-,13?,15?,20-/m1/s1. The lowest BCUT2D eigenvalue weighted by atomic mass is 10.1. The smallest absolute Gasteiger partial charge is 0.504 e. The van der Waals surface area contributed by atoms with Gasteiger partial charge in [-0.2, -0.15) is 15.0 Å². The largest absolute Gasteiger partial charge is 0.527 e. The van der Waals surface area contributed by atoms with Crippen LogP contribution in [0.5, 0.6) is 0 Å². The van der Waals surface area contributed by atoms with Crippen LogP contribution in [-0.2, 0) is 32.0 Å². The van der Waals surface area contributed by atoms with Crippen molar-refractivity contribution in [3.63, 3.8) is 0 Å². The zero-order valence-corrected chi connectivity index (χ0v) is 25.6. The van der Waals surface area contributed by atoms with Gasteiger partial charge in [0.15, 0.2) is 40.4 Å². The molecule has 3 aliphatic rings. The molecule has 1 aliphatic carbocycles. The third kappa shape index (κ3) is 5.42. The molecule has 47 heavy (non-hydrogen) atoms. The van der Waals surface area contributed by atoms with Crippen LogP contribution in [0.4, 0.5) is 17.7 Å². The second-order valence-electron chi connectivity index (χ2n) is 10.4. The third-order valence-electron chi connectivity index (χ3n) is 7.44. The van der Waals surface area contributed by atoms with E-state index in [0.717, 1.165) is 0 Å². The molecule has 6 heterocycles. The molecule has 6 atom stereocenters. The number of aromatic nitrogens is 8. The normalized spacial score (nSPS) is 30.2. The molecule has 23 nitrogen and oxygen atoms in total. The number of nitrogens with zero attached hydrogens (tertiary/aromatic N) is 7. The molecule has 2 aliphatic heterocycles. The van der Waals surface area contributed by atoms with Crippen LogP contribution >= 0.6 is 15.6 Å². The van der Waals surface area contributed by atoms with E-state index >= 15 is 0 Å². The number of nitrogens with one attached hydrogen (secondary N) is 2. The molecule has 0 spiro atoms. The van der Waals surface area contributed by atoms with Crippen LogP contribution in [0, 0.1) is 0 Å². The molecule has 25 heteroatoms. The topological polar surface area (TPSA) is 332 Å². The molecule has 4 aromatic rings. The van der Waals surface area contributed by atoms with Crippen LogP contribution in [0.2, 0.25) is 0 Å². The molecule has 10 N–H and O–H groups in total. The van der Waals surface area contributed by atoms with E-state index in [2.05, 4.69) is 35.2 Å². The number of nitrogens with two attached hydrogens (primary N) is 2. The predicted molar refractivity (Wildman–Crippen MR) is 157 cm³/mol. The van der Waals surface area contributed by atoms with Gasteiger partial charge in [-0.15, -0.1) is 0 Å². The lowest BCUT2D eigenvalue weighted by Gasteiger charge is -2.23. The summed E-state index contributed by atoms with van der Waals surface area (Å²) in [4.78, 5) is 56.7. The second kappa shape index (κ2) is 11.1. The Morgan fingerprint density at radius 2 is 1.83 bits per heavy atom. The van der Waals surface area contributed by atoms with Gasteiger partial charge in [-0.25, -0.2) is 19.1 Å². The molecule has 250 valence electrons. The lowest BCUT2D eigenvalue weighted by molar-refractivity contribution is -0.0507. The number of phosphoric ester groups is 2. The molecule has 0 aromatic carbocycles. The van der Waals surface area contributed by atoms with Gasteiger partial charge in [0.2, 0.25) is 11.9 Å². The number of nitrogen functional groups attached to an aromatic ring is 2. The van der Waals surface area contributed by atoms with Gasteiger partial charge in [0.1, 0.15) is 30.2 Å². The van der Waals surface area contributed by atoms with Crippen LogP contribution in [0.1, 0.15) is 12.6 Å². The minimum absolute atomic E-state index is 0.0156. The van der Waals surface area contributed by atoms with Gasteiger partial charge in [-0.3, -0.25) is 37.4 Å². The summed E-state index contributed by atoms with van der Waals surface area (Å²) in [6.07, 6.45) is -4.27. The third-order valence-corrected chi connectivity index (χ3v) is 9.30. The Morgan fingerprint density at radius 1 is 1.06 bits per heavy atom. The van der Waals surface area contributed by atoms with E-state index in [9.17, 15) is 33.9 Å². The maximum absolute atomic E-state index is 13.3. The first-order valence-corrected chi connectivity index (χ1v) is 16.5. The Labute approximate surface area is 260 Å². The summed E-state index contributed by atoms with van der Waals surface area (Å²) in [6, 6.07) is 0. The number of anilines is 3. The Morgan fingerprint density at radius 3 is 2.60 bits per heavy atom. The summed E-state index contributed by atoms with van der Waals surface area (Å²) in [5, 5.41) is 24.9. The lowest BCUT2D eigenvalue weighted by Crippen LogP contribution is -2.36. The van der Waals surface area contributed by atoms with Crippen molar-refractivity contribution >= 4 is 61.4 Å². The van der Waals surface area contributed by atoms with Crippen molar-refractivity contribution in [2.24, 2.45) is 0 Å². The highest BCUT2D eigenvalue weighted by molar-refractivity contribution is 7.47. The number of aromatic amines is 1. The molecule has 7 rings (SSSR count). The van der Waals surface area contributed by atoms with E-state index in [1.54, 1.807) is 0 Å².